The molecule has 1 aliphatic heterocycles. The number of unbranched alkanes of at least 4 members (excludes halogenated alkanes) is 2. The van der Waals surface area contributed by atoms with Gasteiger partial charge >= 0.3 is 0 Å². The standard InChI is InChI=1S/C9H18N2O.C3H6/c1-2-3-4-6-11-7-5-10-9(12)8-11;1-3-2/h2-8H2,1H3,(H,10,12);3H,1H2,2H3. The number of hydrogen-bond donors (Lipinski definition) is 1. The molecule has 88 valence electrons. The molecule has 0 atom stereocenters. The molecule has 0 radical (unpaired) electrons. The molecule has 0 saturated carbocycles. The fourth-order valence-corrected chi connectivity index (χ4v) is 1.47. The van der Waals surface area contributed by atoms with Crippen LogP contribution in [0.2, 0.25) is 0 Å². The zero-order chi connectivity index (χ0) is 11.5. The van der Waals surface area contributed by atoms with Crippen LogP contribution in [-0.4, -0.2) is 37.0 Å². The summed E-state index contributed by atoms with van der Waals surface area (Å²) in [7, 11) is 0. The molecule has 1 amide bonds. The first-order valence-electron chi connectivity index (χ1n) is 5.80. The van der Waals surface area contributed by atoms with Crippen LogP contribution in [0.15, 0.2) is 12.7 Å². The third kappa shape index (κ3) is 8.18. The van der Waals surface area contributed by atoms with Crippen LogP contribution in [-0.2, 0) is 4.79 Å². The van der Waals surface area contributed by atoms with Crippen LogP contribution in [0.5, 0.6) is 0 Å². The van der Waals surface area contributed by atoms with Crippen molar-refractivity contribution < 1.29 is 4.79 Å². The van der Waals surface area contributed by atoms with Gasteiger partial charge in [-0.25, -0.2) is 0 Å². The van der Waals surface area contributed by atoms with E-state index in [1.807, 2.05) is 6.92 Å². The highest BCUT2D eigenvalue weighted by Gasteiger charge is 2.14. The maximum atomic E-state index is 11.0. The van der Waals surface area contributed by atoms with Crippen LogP contribution in [0.4, 0.5) is 0 Å². The highest BCUT2D eigenvalue weighted by molar-refractivity contribution is 5.78. The number of piperazine rings is 1. The SMILES string of the molecule is C=CC.CCCCCN1CCNC(=O)C1. The van der Waals surface area contributed by atoms with Gasteiger partial charge in [-0.2, -0.15) is 0 Å². The third-order valence-electron chi connectivity index (χ3n) is 2.20. The first kappa shape index (κ1) is 14.2. The molecule has 0 aromatic rings. The maximum absolute atomic E-state index is 11.0. The molecule has 0 aliphatic carbocycles. The van der Waals surface area contributed by atoms with Crippen molar-refractivity contribution in [1.29, 1.82) is 0 Å². The van der Waals surface area contributed by atoms with Gasteiger partial charge in [-0.05, 0) is 19.9 Å². The van der Waals surface area contributed by atoms with Gasteiger partial charge < -0.3 is 5.32 Å². The van der Waals surface area contributed by atoms with Crippen molar-refractivity contribution in [2.45, 2.75) is 33.1 Å². The Morgan fingerprint density at radius 2 is 2.20 bits per heavy atom. The third-order valence-corrected chi connectivity index (χ3v) is 2.20. The minimum Gasteiger partial charge on any atom is -0.354 e. The lowest BCUT2D eigenvalue weighted by atomic mass is 10.2. The van der Waals surface area contributed by atoms with E-state index in [9.17, 15) is 4.79 Å². The van der Waals surface area contributed by atoms with Gasteiger partial charge in [0.1, 0.15) is 0 Å². The van der Waals surface area contributed by atoms with Crippen molar-refractivity contribution in [3.05, 3.63) is 12.7 Å². The average Bonchev–Trinajstić information content (AvgIpc) is 2.19. The number of nitrogens with zero attached hydrogens (tertiary/aromatic N) is 1. The molecule has 0 spiro atoms. The summed E-state index contributed by atoms with van der Waals surface area (Å²) in [6, 6.07) is 0. The molecule has 1 heterocycles. The van der Waals surface area contributed by atoms with E-state index in [4.69, 9.17) is 0 Å². The van der Waals surface area contributed by atoms with E-state index < -0.39 is 0 Å². The molecule has 1 rings (SSSR count). The summed E-state index contributed by atoms with van der Waals surface area (Å²) in [5.41, 5.74) is 0. The summed E-state index contributed by atoms with van der Waals surface area (Å²) in [6.45, 7) is 11.0. The largest absolute Gasteiger partial charge is 0.354 e. The van der Waals surface area contributed by atoms with E-state index in [1.54, 1.807) is 6.08 Å². The highest BCUT2D eigenvalue weighted by Crippen LogP contribution is 1.99. The Labute approximate surface area is 93.5 Å². The lowest BCUT2D eigenvalue weighted by molar-refractivity contribution is -0.124. The number of hydrogen-bond acceptors (Lipinski definition) is 2. The zero-order valence-electron chi connectivity index (χ0n) is 10.1. The van der Waals surface area contributed by atoms with Gasteiger partial charge in [-0.15, -0.1) is 6.58 Å². The summed E-state index contributed by atoms with van der Waals surface area (Å²) in [6.07, 6.45) is 5.50. The van der Waals surface area contributed by atoms with Crippen LogP contribution in [0.1, 0.15) is 33.1 Å². The second-order valence-corrected chi connectivity index (χ2v) is 3.74. The summed E-state index contributed by atoms with van der Waals surface area (Å²) >= 11 is 0. The van der Waals surface area contributed by atoms with Crippen LogP contribution >= 0.6 is 0 Å². The molecule has 0 bridgehead atoms. The van der Waals surface area contributed by atoms with Gasteiger partial charge in [0, 0.05) is 13.1 Å². The smallest absolute Gasteiger partial charge is 0.234 e. The van der Waals surface area contributed by atoms with E-state index >= 15 is 0 Å². The van der Waals surface area contributed by atoms with Crippen molar-refractivity contribution in [2.75, 3.05) is 26.2 Å². The molecule has 0 aromatic carbocycles. The van der Waals surface area contributed by atoms with Crippen LogP contribution in [0.25, 0.3) is 0 Å². The van der Waals surface area contributed by atoms with Crippen molar-refractivity contribution in [1.82, 2.24) is 10.2 Å². The van der Waals surface area contributed by atoms with Gasteiger partial charge in [-0.1, -0.05) is 25.8 Å². The highest BCUT2D eigenvalue weighted by atomic mass is 16.2. The van der Waals surface area contributed by atoms with E-state index in [1.165, 1.54) is 19.3 Å². The molecule has 1 saturated heterocycles. The quantitative estimate of drug-likeness (QED) is 0.569. The first-order chi connectivity index (χ1) is 7.24. The zero-order valence-corrected chi connectivity index (χ0v) is 10.1. The van der Waals surface area contributed by atoms with Crippen LogP contribution < -0.4 is 5.32 Å². The molecule has 1 N–H and O–H groups in total. The van der Waals surface area contributed by atoms with Crippen molar-refractivity contribution >= 4 is 5.91 Å². The minimum absolute atomic E-state index is 0.178. The van der Waals surface area contributed by atoms with Gasteiger partial charge in [0.15, 0.2) is 0 Å². The molecule has 1 fully saturated rings. The molecular weight excluding hydrogens is 188 g/mol. The molecule has 0 unspecified atom stereocenters. The number of allylic oxidation sites excluding steroid dienone is 1. The number of nitrogens with one attached hydrogen (secondary N) is 1. The Morgan fingerprint density at radius 1 is 1.53 bits per heavy atom. The van der Waals surface area contributed by atoms with Crippen molar-refractivity contribution in [2.24, 2.45) is 0 Å². The summed E-state index contributed by atoms with van der Waals surface area (Å²) in [5, 5.41) is 2.82. The Kier molecular flexibility index (Phi) is 9.18. The summed E-state index contributed by atoms with van der Waals surface area (Å²) < 4.78 is 0. The first-order valence-corrected chi connectivity index (χ1v) is 5.80. The predicted molar refractivity (Wildman–Crippen MR) is 64.8 cm³/mol. The Hall–Kier alpha value is -0.830. The number of carbonyl (C=O) groups excluding carboxylic acids is 1. The van der Waals surface area contributed by atoms with E-state index in [0.29, 0.717) is 6.54 Å². The summed E-state index contributed by atoms with van der Waals surface area (Å²) in [4.78, 5) is 13.2. The van der Waals surface area contributed by atoms with Crippen molar-refractivity contribution in [3.8, 4) is 0 Å². The average molecular weight is 212 g/mol. The van der Waals surface area contributed by atoms with E-state index in [0.717, 1.165) is 19.6 Å². The molecule has 15 heavy (non-hydrogen) atoms. The molecular formula is C12H24N2O. The van der Waals surface area contributed by atoms with Crippen LogP contribution in [0, 0.1) is 0 Å². The maximum Gasteiger partial charge on any atom is 0.234 e. The Bertz CT molecular complexity index is 180. The predicted octanol–water partition coefficient (Wildman–Crippen LogP) is 1.80. The molecule has 0 aromatic heterocycles. The monoisotopic (exact) mass is 212 g/mol. The number of amides is 1. The van der Waals surface area contributed by atoms with Crippen LogP contribution in [0.3, 0.4) is 0 Å². The summed E-state index contributed by atoms with van der Waals surface area (Å²) in [5.74, 6) is 0.178. The van der Waals surface area contributed by atoms with Gasteiger partial charge in [0.25, 0.3) is 0 Å². The normalized spacial score (nSPS) is 16.3. The number of rotatable bonds is 4. The fourth-order valence-electron chi connectivity index (χ4n) is 1.47. The van der Waals surface area contributed by atoms with E-state index in [-0.39, 0.29) is 5.91 Å². The molecule has 1 aliphatic rings. The second kappa shape index (κ2) is 9.71. The van der Waals surface area contributed by atoms with Gasteiger partial charge in [-0.3, -0.25) is 9.69 Å². The fraction of sp³-hybridized carbons (Fsp3) is 0.750. The molecule has 3 nitrogen and oxygen atoms in total. The molecule has 3 heteroatoms. The minimum atomic E-state index is 0.178. The van der Waals surface area contributed by atoms with Gasteiger partial charge in [0.2, 0.25) is 5.91 Å². The number of carbonyl (C=O) groups is 1. The van der Waals surface area contributed by atoms with Crippen molar-refractivity contribution in [3.63, 3.8) is 0 Å². The topological polar surface area (TPSA) is 32.3 Å². The van der Waals surface area contributed by atoms with Gasteiger partial charge in [0.05, 0.1) is 6.54 Å². The Morgan fingerprint density at radius 3 is 2.73 bits per heavy atom. The second-order valence-electron chi connectivity index (χ2n) is 3.74. The Balaban J connectivity index is 0.000000583. The lowest BCUT2D eigenvalue weighted by Gasteiger charge is -2.26. The van der Waals surface area contributed by atoms with E-state index in [2.05, 4.69) is 23.7 Å². The lowest BCUT2D eigenvalue weighted by Crippen LogP contribution is -2.47.